The lowest BCUT2D eigenvalue weighted by atomic mass is 10.0. The molecule has 0 saturated heterocycles. The van der Waals surface area contributed by atoms with E-state index < -0.39 is 0 Å². The third-order valence-electron chi connectivity index (χ3n) is 4.34. The van der Waals surface area contributed by atoms with Gasteiger partial charge in [0, 0.05) is 29.3 Å². The summed E-state index contributed by atoms with van der Waals surface area (Å²) in [7, 11) is 0. The number of anilines is 1. The lowest BCUT2D eigenvalue weighted by Gasteiger charge is -2.13. The summed E-state index contributed by atoms with van der Waals surface area (Å²) in [6.45, 7) is 0.798. The Morgan fingerprint density at radius 2 is 2.14 bits per heavy atom. The molecule has 3 aromatic rings. The molecule has 2 N–H and O–H groups in total. The van der Waals surface area contributed by atoms with Crippen LogP contribution in [0.5, 0.6) is 0 Å². The Kier molecular flexibility index (Phi) is 2.58. The molecule has 0 aliphatic heterocycles. The molecule has 1 aliphatic carbocycles. The van der Waals surface area contributed by atoms with E-state index in [4.69, 9.17) is 5.26 Å². The molecule has 0 spiro atoms. The van der Waals surface area contributed by atoms with Crippen molar-refractivity contribution in [1.82, 2.24) is 15.0 Å². The molecule has 0 amide bonds. The number of para-hydroxylation sites is 1. The third kappa shape index (κ3) is 2.00. The van der Waals surface area contributed by atoms with Gasteiger partial charge in [-0.25, -0.2) is 9.97 Å². The van der Waals surface area contributed by atoms with Crippen molar-refractivity contribution < 1.29 is 0 Å². The van der Waals surface area contributed by atoms with E-state index in [1.807, 2.05) is 18.2 Å². The van der Waals surface area contributed by atoms with Gasteiger partial charge in [-0.3, -0.25) is 0 Å². The minimum absolute atomic E-state index is 0.151. The summed E-state index contributed by atoms with van der Waals surface area (Å²) < 4.78 is 0. The van der Waals surface area contributed by atoms with Crippen LogP contribution >= 0.6 is 0 Å². The fourth-order valence-electron chi connectivity index (χ4n) is 2.84. The normalized spacial score (nSPS) is 16.0. The van der Waals surface area contributed by atoms with Crippen molar-refractivity contribution in [2.75, 3.05) is 11.9 Å². The predicted molar refractivity (Wildman–Crippen MR) is 81.8 cm³/mol. The second-order valence-electron chi connectivity index (χ2n) is 5.80. The quantitative estimate of drug-likeness (QED) is 0.767. The molecular formula is C16H15N5. The topological polar surface area (TPSA) is 77.4 Å². The largest absolute Gasteiger partial charge is 0.369 e. The van der Waals surface area contributed by atoms with Gasteiger partial charge < -0.3 is 10.3 Å². The summed E-state index contributed by atoms with van der Waals surface area (Å²) in [6.07, 6.45) is 4.43. The second kappa shape index (κ2) is 4.45. The van der Waals surface area contributed by atoms with Gasteiger partial charge in [0.05, 0.1) is 11.5 Å². The van der Waals surface area contributed by atoms with Crippen molar-refractivity contribution in [2.45, 2.75) is 19.3 Å². The molecule has 0 atom stereocenters. The van der Waals surface area contributed by atoms with E-state index in [1.165, 1.54) is 0 Å². The Morgan fingerprint density at radius 1 is 1.29 bits per heavy atom. The number of fused-ring (bicyclic) bond motifs is 3. The van der Waals surface area contributed by atoms with Crippen LogP contribution in [0.4, 0.5) is 5.82 Å². The average molecular weight is 277 g/mol. The van der Waals surface area contributed by atoms with Gasteiger partial charge in [0.25, 0.3) is 0 Å². The van der Waals surface area contributed by atoms with Gasteiger partial charge in [0.2, 0.25) is 0 Å². The molecule has 1 saturated carbocycles. The minimum atomic E-state index is 0.151. The van der Waals surface area contributed by atoms with Crippen LogP contribution in [-0.2, 0) is 0 Å². The zero-order valence-electron chi connectivity index (χ0n) is 11.6. The maximum Gasteiger partial charge on any atom is 0.143 e. The molecule has 0 bridgehead atoms. The lowest BCUT2D eigenvalue weighted by molar-refractivity contribution is 0.556. The van der Waals surface area contributed by atoms with E-state index in [2.05, 4.69) is 32.4 Å². The monoisotopic (exact) mass is 277 g/mol. The first-order chi connectivity index (χ1) is 10.3. The molecule has 5 heteroatoms. The Hall–Kier alpha value is -2.61. The molecule has 21 heavy (non-hydrogen) atoms. The van der Waals surface area contributed by atoms with Crippen molar-refractivity contribution in [3.05, 3.63) is 30.6 Å². The number of benzene rings is 1. The Balaban J connectivity index is 1.73. The van der Waals surface area contributed by atoms with E-state index >= 15 is 0 Å². The lowest BCUT2D eigenvalue weighted by Crippen LogP contribution is -2.15. The number of H-pyrrole nitrogens is 1. The van der Waals surface area contributed by atoms with E-state index in [0.29, 0.717) is 6.42 Å². The molecule has 4 rings (SSSR count). The van der Waals surface area contributed by atoms with Crippen LogP contribution in [0, 0.1) is 16.7 Å². The fourth-order valence-corrected chi connectivity index (χ4v) is 2.84. The molecule has 5 nitrogen and oxygen atoms in total. The fraction of sp³-hybridized carbons (Fsp3) is 0.312. The number of nitrogens with zero attached hydrogens (tertiary/aromatic N) is 3. The molecule has 0 unspecified atom stereocenters. The highest BCUT2D eigenvalue weighted by Gasteiger charge is 2.42. The molecule has 1 aliphatic rings. The van der Waals surface area contributed by atoms with Gasteiger partial charge in [-0.05, 0) is 18.9 Å². The summed E-state index contributed by atoms with van der Waals surface area (Å²) >= 11 is 0. The SMILES string of the molecule is N#CCC1(CNc2ncnc3[nH]c4ccccc4c23)CC1. The van der Waals surface area contributed by atoms with Crippen LogP contribution in [0.15, 0.2) is 30.6 Å². The summed E-state index contributed by atoms with van der Waals surface area (Å²) in [5, 5.41) is 14.5. The van der Waals surface area contributed by atoms with Gasteiger partial charge in [-0.15, -0.1) is 0 Å². The average Bonchev–Trinajstić information content (AvgIpc) is 3.16. The zero-order valence-corrected chi connectivity index (χ0v) is 11.6. The minimum Gasteiger partial charge on any atom is -0.369 e. The van der Waals surface area contributed by atoms with Crippen LogP contribution in [-0.4, -0.2) is 21.5 Å². The van der Waals surface area contributed by atoms with E-state index in [9.17, 15) is 0 Å². The Labute approximate surface area is 122 Å². The number of hydrogen-bond donors (Lipinski definition) is 2. The highest BCUT2D eigenvalue weighted by molar-refractivity contribution is 6.10. The molecule has 104 valence electrons. The summed E-state index contributed by atoms with van der Waals surface area (Å²) in [5.41, 5.74) is 2.06. The Morgan fingerprint density at radius 3 is 2.95 bits per heavy atom. The van der Waals surface area contributed by atoms with E-state index in [0.717, 1.165) is 47.1 Å². The number of nitriles is 1. The van der Waals surface area contributed by atoms with Crippen molar-refractivity contribution in [2.24, 2.45) is 5.41 Å². The van der Waals surface area contributed by atoms with Crippen LogP contribution in [0.1, 0.15) is 19.3 Å². The zero-order chi connectivity index (χ0) is 14.3. The van der Waals surface area contributed by atoms with Crippen molar-refractivity contribution in [3.8, 4) is 6.07 Å². The van der Waals surface area contributed by atoms with E-state index in [-0.39, 0.29) is 5.41 Å². The first-order valence-electron chi connectivity index (χ1n) is 7.14. The maximum atomic E-state index is 8.91. The van der Waals surface area contributed by atoms with Crippen LogP contribution in [0.2, 0.25) is 0 Å². The molecule has 2 aromatic heterocycles. The standard InChI is InChI=1S/C16H15N5/c17-8-7-16(5-6-16)9-18-14-13-11-3-1-2-4-12(11)21-15(13)20-10-19-14/h1-4,10H,5-7,9H2,(H2,18,19,20,21). The molecule has 0 radical (unpaired) electrons. The maximum absolute atomic E-state index is 8.91. The summed E-state index contributed by atoms with van der Waals surface area (Å²) in [4.78, 5) is 12.0. The molecule has 1 aromatic carbocycles. The van der Waals surface area contributed by atoms with Gasteiger partial charge >= 0.3 is 0 Å². The molecule has 2 heterocycles. The third-order valence-corrected chi connectivity index (χ3v) is 4.34. The molecule has 1 fully saturated rings. The van der Waals surface area contributed by atoms with Gasteiger partial charge in [-0.1, -0.05) is 18.2 Å². The van der Waals surface area contributed by atoms with Gasteiger partial charge in [0.1, 0.15) is 17.8 Å². The smallest absolute Gasteiger partial charge is 0.143 e. The number of rotatable bonds is 4. The highest BCUT2D eigenvalue weighted by Crippen LogP contribution is 2.48. The van der Waals surface area contributed by atoms with Crippen LogP contribution in [0.3, 0.4) is 0 Å². The number of nitrogens with one attached hydrogen (secondary N) is 2. The second-order valence-corrected chi connectivity index (χ2v) is 5.80. The van der Waals surface area contributed by atoms with E-state index in [1.54, 1.807) is 6.33 Å². The summed E-state index contributed by atoms with van der Waals surface area (Å²) in [6, 6.07) is 10.4. The highest BCUT2D eigenvalue weighted by atomic mass is 15.0. The first-order valence-corrected chi connectivity index (χ1v) is 7.14. The number of hydrogen-bond acceptors (Lipinski definition) is 4. The molecular weight excluding hydrogens is 262 g/mol. The van der Waals surface area contributed by atoms with Gasteiger partial charge in [0.15, 0.2) is 0 Å². The predicted octanol–water partition coefficient (Wildman–Crippen LogP) is 3.22. The van der Waals surface area contributed by atoms with Gasteiger partial charge in [-0.2, -0.15) is 5.26 Å². The van der Waals surface area contributed by atoms with Crippen LogP contribution in [0.25, 0.3) is 21.9 Å². The Bertz CT molecular complexity index is 854. The van der Waals surface area contributed by atoms with Crippen LogP contribution < -0.4 is 5.32 Å². The first kappa shape index (κ1) is 12.2. The van der Waals surface area contributed by atoms with Crippen molar-refractivity contribution in [3.63, 3.8) is 0 Å². The number of aromatic amines is 1. The van der Waals surface area contributed by atoms with Crippen molar-refractivity contribution in [1.29, 1.82) is 5.26 Å². The van der Waals surface area contributed by atoms with Crippen molar-refractivity contribution >= 4 is 27.8 Å². The summed E-state index contributed by atoms with van der Waals surface area (Å²) in [5.74, 6) is 0.849. The number of aromatic nitrogens is 3.